The van der Waals surface area contributed by atoms with Crippen LogP contribution in [0.5, 0.6) is 0 Å². The number of hydrogen-bond acceptors (Lipinski definition) is 6. The van der Waals surface area contributed by atoms with Crippen molar-refractivity contribution in [1.29, 1.82) is 0 Å². The molecule has 0 aliphatic carbocycles. The second kappa shape index (κ2) is 7.18. The Labute approximate surface area is 170 Å². The number of hydrogen-bond donors (Lipinski definition) is 0. The van der Waals surface area contributed by atoms with E-state index in [0.717, 1.165) is 38.3 Å². The van der Waals surface area contributed by atoms with E-state index in [9.17, 15) is 4.79 Å². The Balaban J connectivity index is 1.54. The van der Waals surface area contributed by atoms with Gasteiger partial charge in [0, 0.05) is 42.2 Å². The van der Waals surface area contributed by atoms with Crippen molar-refractivity contribution in [2.75, 3.05) is 0 Å². The van der Waals surface area contributed by atoms with Crippen molar-refractivity contribution in [1.82, 2.24) is 19.7 Å². The maximum absolute atomic E-state index is 12.1. The first-order chi connectivity index (χ1) is 14.2. The summed E-state index contributed by atoms with van der Waals surface area (Å²) in [5, 5.41) is 12.5. The van der Waals surface area contributed by atoms with Gasteiger partial charge in [0.15, 0.2) is 11.0 Å². The predicted octanol–water partition coefficient (Wildman–Crippen LogP) is 4.43. The second-order valence-electron chi connectivity index (χ2n) is 6.65. The monoisotopic (exact) mass is 400 g/mol. The van der Waals surface area contributed by atoms with Crippen molar-refractivity contribution >= 4 is 33.5 Å². The lowest BCUT2D eigenvalue weighted by molar-refractivity contribution is 0.560. The third-order valence-corrected chi connectivity index (χ3v) is 5.90. The summed E-state index contributed by atoms with van der Waals surface area (Å²) in [6.45, 7) is 0. The molecular formula is C22H16N4O2S. The van der Waals surface area contributed by atoms with Crippen LogP contribution >= 0.6 is 11.8 Å². The summed E-state index contributed by atoms with van der Waals surface area (Å²) < 4.78 is 7.38. The van der Waals surface area contributed by atoms with E-state index in [4.69, 9.17) is 4.42 Å². The van der Waals surface area contributed by atoms with Crippen LogP contribution in [0.4, 0.5) is 0 Å². The van der Waals surface area contributed by atoms with Gasteiger partial charge in [-0.15, -0.1) is 10.2 Å². The van der Waals surface area contributed by atoms with Crippen LogP contribution in [-0.4, -0.2) is 19.7 Å². The van der Waals surface area contributed by atoms with E-state index in [0.29, 0.717) is 11.3 Å². The molecule has 29 heavy (non-hydrogen) atoms. The molecule has 0 fully saturated rings. The lowest BCUT2D eigenvalue weighted by atomic mass is 10.0. The van der Waals surface area contributed by atoms with Gasteiger partial charge in [0.25, 0.3) is 0 Å². The molecule has 5 rings (SSSR count). The van der Waals surface area contributed by atoms with Crippen molar-refractivity contribution in [2.24, 2.45) is 7.05 Å². The molecule has 0 bridgehead atoms. The smallest absolute Gasteiger partial charge is 0.336 e. The average molecular weight is 400 g/mol. The molecule has 5 aromatic rings. The molecule has 0 aliphatic rings. The number of fused-ring (bicyclic) bond motifs is 3. The van der Waals surface area contributed by atoms with E-state index in [1.165, 1.54) is 11.8 Å². The Morgan fingerprint density at radius 2 is 1.97 bits per heavy atom. The van der Waals surface area contributed by atoms with Crippen molar-refractivity contribution in [3.63, 3.8) is 0 Å². The Kier molecular flexibility index (Phi) is 4.37. The second-order valence-corrected chi connectivity index (χ2v) is 7.59. The molecule has 0 saturated carbocycles. The molecule has 3 heterocycles. The SMILES string of the molecule is Cn1c(SCc2cc(=O)oc3ccc4ccccc4c23)nnc1-c1cccnc1. The third-order valence-electron chi connectivity index (χ3n) is 4.83. The van der Waals surface area contributed by atoms with Crippen LogP contribution in [0.25, 0.3) is 33.1 Å². The van der Waals surface area contributed by atoms with Crippen LogP contribution in [-0.2, 0) is 12.8 Å². The molecule has 0 spiro atoms. The minimum absolute atomic E-state index is 0.350. The van der Waals surface area contributed by atoms with E-state index < -0.39 is 0 Å². The largest absolute Gasteiger partial charge is 0.423 e. The minimum atomic E-state index is -0.350. The number of thioether (sulfide) groups is 1. The summed E-state index contributed by atoms with van der Waals surface area (Å²) in [5.41, 5.74) is 2.08. The maximum Gasteiger partial charge on any atom is 0.336 e. The van der Waals surface area contributed by atoms with Crippen LogP contribution in [0.1, 0.15) is 5.56 Å². The van der Waals surface area contributed by atoms with Crippen molar-refractivity contribution in [3.05, 3.63) is 83.0 Å². The van der Waals surface area contributed by atoms with Gasteiger partial charge in [-0.25, -0.2) is 4.79 Å². The number of nitrogens with zero attached hydrogens (tertiary/aromatic N) is 4. The topological polar surface area (TPSA) is 73.8 Å². The number of rotatable bonds is 4. The van der Waals surface area contributed by atoms with Crippen molar-refractivity contribution < 1.29 is 4.42 Å². The fourth-order valence-corrected chi connectivity index (χ4v) is 4.35. The quantitative estimate of drug-likeness (QED) is 0.252. The van der Waals surface area contributed by atoms with Gasteiger partial charge >= 0.3 is 5.63 Å². The molecule has 0 N–H and O–H groups in total. The summed E-state index contributed by atoms with van der Waals surface area (Å²) in [5.74, 6) is 1.33. The lowest BCUT2D eigenvalue weighted by Crippen LogP contribution is -2.01. The van der Waals surface area contributed by atoms with E-state index in [2.05, 4.69) is 27.3 Å². The molecular weight excluding hydrogens is 384 g/mol. The van der Waals surface area contributed by atoms with Crippen LogP contribution in [0.15, 0.2) is 81.4 Å². The minimum Gasteiger partial charge on any atom is -0.423 e. The first kappa shape index (κ1) is 17.6. The zero-order valence-corrected chi connectivity index (χ0v) is 16.4. The number of benzene rings is 2. The number of pyridine rings is 1. The van der Waals surface area contributed by atoms with Gasteiger partial charge in [0.05, 0.1) is 0 Å². The molecule has 3 aromatic heterocycles. The standard InChI is InChI=1S/C22H16N4O2S/c1-26-21(15-6-4-10-23-12-15)24-25-22(26)29-13-16-11-19(27)28-18-9-8-14-5-2-3-7-17(14)20(16)18/h2-12H,13H2,1H3. The van der Waals surface area contributed by atoms with Gasteiger partial charge in [-0.05, 0) is 34.5 Å². The highest BCUT2D eigenvalue weighted by Gasteiger charge is 2.14. The molecule has 0 aliphatic heterocycles. The van der Waals surface area contributed by atoms with Crippen molar-refractivity contribution in [3.8, 4) is 11.4 Å². The molecule has 142 valence electrons. The fraction of sp³-hybridized carbons (Fsp3) is 0.0909. The Morgan fingerprint density at radius 1 is 1.07 bits per heavy atom. The molecule has 0 saturated heterocycles. The van der Waals surface area contributed by atoms with E-state index in [1.54, 1.807) is 18.5 Å². The first-order valence-electron chi connectivity index (χ1n) is 9.08. The highest BCUT2D eigenvalue weighted by atomic mass is 32.2. The molecule has 0 amide bonds. The highest BCUT2D eigenvalue weighted by molar-refractivity contribution is 7.98. The molecule has 0 radical (unpaired) electrons. The fourth-order valence-electron chi connectivity index (χ4n) is 3.46. The normalized spacial score (nSPS) is 11.3. The lowest BCUT2D eigenvalue weighted by Gasteiger charge is -2.08. The summed E-state index contributed by atoms with van der Waals surface area (Å²) in [7, 11) is 1.93. The summed E-state index contributed by atoms with van der Waals surface area (Å²) in [4.78, 5) is 16.2. The van der Waals surface area contributed by atoms with Gasteiger partial charge in [-0.1, -0.05) is 42.1 Å². The molecule has 6 nitrogen and oxygen atoms in total. The van der Waals surface area contributed by atoms with E-state index in [1.807, 2.05) is 48.0 Å². The van der Waals surface area contributed by atoms with Gasteiger partial charge in [-0.2, -0.15) is 0 Å². The Bertz CT molecular complexity index is 1390. The molecule has 0 unspecified atom stereocenters. The van der Waals surface area contributed by atoms with Crippen LogP contribution in [0, 0.1) is 0 Å². The average Bonchev–Trinajstić information content (AvgIpc) is 3.12. The van der Waals surface area contributed by atoms with Gasteiger partial charge in [0.1, 0.15) is 5.58 Å². The van der Waals surface area contributed by atoms with Gasteiger partial charge in [-0.3, -0.25) is 4.98 Å². The van der Waals surface area contributed by atoms with Crippen LogP contribution in [0.3, 0.4) is 0 Å². The van der Waals surface area contributed by atoms with Crippen LogP contribution < -0.4 is 5.63 Å². The van der Waals surface area contributed by atoms with Crippen LogP contribution in [0.2, 0.25) is 0 Å². The first-order valence-corrected chi connectivity index (χ1v) is 10.1. The Morgan fingerprint density at radius 3 is 2.83 bits per heavy atom. The van der Waals surface area contributed by atoms with Gasteiger partial charge < -0.3 is 8.98 Å². The third kappa shape index (κ3) is 3.19. The summed E-state index contributed by atoms with van der Waals surface area (Å²) in [6, 6.07) is 17.3. The zero-order chi connectivity index (χ0) is 19.8. The van der Waals surface area contributed by atoms with Crippen molar-refractivity contribution in [2.45, 2.75) is 10.9 Å². The maximum atomic E-state index is 12.1. The predicted molar refractivity (Wildman–Crippen MR) is 114 cm³/mol. The Hall–Kier alpha value is -3.45. The molecule has 0 atom stereocenters. The summed E-state index contributed by atoms with van der Waals surface area (Å²) >= 11 is 1.54. The van der Waals surface area contributed by atoms with Gasteiger partial charge in [0.2, 0.25) is 0 Å². The van der Waals surface area contributed by atoms with E-state index >= 15 is 0 Å². The molecule has 2 aromatic carbocycles. The van der Waals surface area contributed by atoms with E-state index in [-0.39, 0.29) is 5.63 Å². The zero-order valence-electron chi connectivity index (χ0n) is 15.6. The summed E-state index contributed by atoms with van der Waals surface area (Å²) in [6.07, 6.45) is 3.49. The molecule has 7 heteroatoms. The number of aromatic nitrogens is 4. The highest BCUT2D eigenvalue weighted by Crippen LogP contribution is 2.31.